The number of aliphatic imine (C=N–C) groups is 1. The number of halogens is 1. The van der Waals surface area contributed by atoms with Crippen LogP contribution in [0.15, 0.2) is 21.6 Å². The van der Waals surface area contributed by atoms with Crippen molar-refractivity contribution in [3.05, 3.63) is 27.7 Å². The molecule has 2 heterocycles. The summed E-state index contributed by atoms with van der Waals surface area (Å²) < 4.78 is 30.0. The number of rotatable bonds is 5. The molecule has 1 aromatic rings. The number of fused-ring (bicyclic) bond motifs is 1. The first-order valence-electron chi connectivity index (χ1n) is 8.41. The van der Waals surface area contributed by atoms with Crippen LogP contribution in [0.3, 0.4) is 0 Å². The van der Waals surface area contributed by atoms with Gasteiger partial charge in [0.1, 0.15) is 13.2 Å². The molecule has 2 aliphatic heterocycles. The van der Waals surface area contributed by atoms with Crippen LogP contribution in [0.1, 0.15) is 11.1 Å². The van der Waals surface area contributed by atoms with E-state index in [2.05, 4.69) is 20.9 Å². The van der Waals surface area contributed by atoms with E-state index < -0.39 is 34.9 Å². The van der Waals surface area contributed by atoms with Crippen molar-refractivity contribution < 1.29 is 27.9 Å². The molecule has 0 aromatic heterocycles. The van der Waals surface area contributed by atoms with Gasteiger partial charge in [0.2, 0.25) is 0 Å². The van der Waals surface area contributed by atoms with Gasteiger partial charge in [-0.05, 0) is 37.1 Å². The average Bonchev–Trinajstić information content (AvgIpc) is 2.98. The standard InChI is InChI=1S/C17H19BrN2O6S2/c1-9-3-11(18)4-10(2)16(9)20-12-7-28(24,25)8-13(12)27-17(20)19-14(21)5-26-6-15(22)23/h3-4,12-13H,5-8H2,1-2H3,(H,22,23). The van der Waals surface area contributed by atoms with Crippen molar-refractivity contribution in [1.82, 2.24) is 0 Å². The zero-order valence-electron chi connectivity index (χ0n) is 15.2. The van der Waals surface area contributed by atoms with Crippen LogP contribution in [0.2, 0.25) is 0 Å². The lowest BCUT2D eigenvalue weighted by molar-refractivity contribution is -0.143. The molecule has 2 atom stereocenters. The van der Waals surface area contributed by atoms with Gasteiger partial charge in [-0.3, -0.25) is 4.79 Å². The quantitative estimate of drug-likeness (QED) is 0.663. The maximum Gasteiger partial charge on any atom is 0.329 e. The van der Waals surface area contributed by atoms with Crippen molar-refractivity contribution >= 4 is 60.3 Å². The highest BCUT2D eigenvalue weighted by Gasteiger charge is 2.50. The summed E-state index contributed by atoms with van der Waals surface area (Å²) in [6.07, 6.45) is 0. The summed E-state index contributed by atoms with van der Waals surface area (Å²) in [5.74, 6) is -1.74. The van der Waals surface area contributed by atoms with Gasteiger partial charge in [-0.15, -0.1) is 0 Å². The molecular weight excluding hydrogens is 472 g/mol. The van der Waals surface area contributed by atoms with Crippen LogP contribution in [-0.4, -0.2) is 66.6 Å². The first-order valence-corrected chi connectivity index (χ1v) is 11.9. The Labute approximate surface area is 175 Å². The first kappa shape index (κ1) is 21.3. The Morgan fingerprint density at radius 1 is 1.29 bits per heavy atom. The number of carbonyl (C=O) groups excluding carboxylic acids is 1. The molecule has 0 saturated carbocycles. The number of anilines is 1. The smallest absolute Gasteiger partial charge is 0.329 e. The molecule has 2 fully saturated rings. The molecule has 8 nitrogen and oxygen atoms in total. The molecule has 0 bridgehead atoms. The molecule has 11 heteroatoms. The molecule has 0 spiro atoms. The highest BCUT2D eigenvalue weighted by molar-refractivity contribution is 9.10. The summed E-state index contributed by atoms with van der Waals surface area (Å²) in [5.41, 5.74) is 2.69. The molecule has 3 rings (SSSR count). The monoisotopic (exact) mass is 490 g/mol. The summed E-state index contributed by atoms with van der Waals surface area (Å²) in [6.45, 7) is 2.81. The number of amides is 1. The lowest BCUT2D eigenvalue weighted by Crippen LogP contribution is -2.38. The Bertz CT molecular complexity index is 939. The Hall–Kier alpha value is -1.43. The maximum atomic E-state index is 12.2. The summed E-state index contributed by atoms with van der Waals surface area (Å²) in [4.78, 5) is 28.6. The number of thioether (sulfide) groups is 1. The third-order valence-electron chi connectivity index (χ3n) is 4.43. The van der Waals surface area contributed by atoms with Crippen LogP contribution in [-0.2, 0) is 24.2 Å². The van der Waals surface area contributed by atoms with Crippen LogP contribution in [0.4, 0.5) is 5.69 Å². The molecule has 0 aliphatic carbocycles. The third kappa shape index (κ3) is 4.58. The lowest BCUT2D eigenvalue weighted by atomic mass is 10.1. The fourth-order valence-electron chi connectivity index (χ4n) is 3.47. The number of ether oxygens (including phenoxy) is 1. The number of sulfone groups is 1. The number of carbonyl (C=O) groups is 2. The Morgan fingerprint density at radius 3 is 2.54 bits per heavy atom. The third-order valence-corrected chi connectivity index (χ3v) is 8.10. The Kier molecular flexibility index (Phi) is 6.18. The number of carboxylic acids is 1. The summed E-state index contributed by atoms with van der Waals surface area (Å²) in [7, 11) is -3.16. The normalized spacial score (nSPS) is 24.5. The van der Waals surface area contributed by atoms with Gasteiger partial charge in [-0.1, -0.05) is 27.7 Å². The first-order chi connectivity index (χ1) is 13.1. The average molecular weight is 491 g/mol. The van der Waals surface area contributed by atoms with Gasteiger partial charge in [-0.25, -0.2) is 13.2 Å². The number of carboxylic acid groups (broad SMARTS) is 1. The van der Waals surface area contributed by atoms with Gasteiger partial charge in [-0.2, -0.15) is 4.99 Å². The van der Waals surface area contributed by atoms with Crippen molar-refractivity contribution in [2.45, 2.75) is 25.1 Å². The van der Waals surface area contributed by atoms with E-state index in [1.54, 1.807) is 0 Å². The maximum absolute atomic E-state index is 12.2. The van der Waals surface area contributed by atoms with E-state index in [-0.39, 0.29) is 22.8 Å². The van der Waals surface area contributed by atoms with Crippen molar-refractivity contribution in [3.8, 4) is 0 Å². The molecule has 0 radical (unpaired) electrons. The highest BCUT2D eigenvalue weighted by Crippen LogP contribution is 2.43. The van der Waals surface area contributed by atoms with Gasteiger partial charge >= 0.3 is 5.97 Å². The number of nitrogens with zero attached hydrogens (tertiary/aromatic N) is 2. The Balaban J connectivity index is 1.95. The molecule has 1 aromatic carbocycles. The summed E-state index contributed by atoms with van der Waals surface area (Å²) in [5, 5.41) is 8.81. The minimum Gasteiger partial charge on any atom is -0.480 e. The fraction of sp³-hybridized carbons (Fsp3) is 0.471. The van der Waals surface area contributed by atoms with Crippen molar-refractivity contribution in [2.75, 3.05) is 29.6 Å². The number of amidine groups is 1. The van der Waals surface area contributed by atoms with Crippen molar-refractivity contribution in [2.24, 2.45) is 4.99 Å². The van der Waals surface area contributed by atoms with Gasteiger partial charge in [0.15, 0.2) is 15.0 Å². The lowest BCUT2D eigenvalue weighted by Gasteiger charge is -2.28. The van der Waals surface area contributed by atoms with E-state index in [0.717, 1.165) is 21.3 Å². The van der Waals surface area contributed by atoms with Gasteiger partial charge in [0.25, 0.3) is 5.91 Å². The van der Waals surface area contributed by atoms with Gasteiger partial charge in [0, 0.05) is 15.4 Å². The van der Waals surface area contributed by atoms with Crippen molar-refractivity contribution in [1.29, 1.82) is 0 Å². The molecule has 2 unspecified atom stereocenters. The van der Waals surface area contributed by atoms with Crippen LogP contribution in [0.25, 0.3) is 0 Å². The van der Waals surface area contributed by atoms with E-state index in [1.165, 1.54) is 11.8 Å². The number of aliphatic carboxylic acids is 1. The number of aryl methyl sites for hydroxylation is 2. The van der Waals surface area contributed by atoms with E-state index in [1.807, 2.05) is 30.9 Å². The number of hydrogen-bond donors (Lipinski definition) is 1. The predicted octanol–water partition coefficient (Wildman–Crippen LogP) is 1.77. The van der Waals surface area contributed by atoms with Gasteiger partial charge < -0.3 is 14.7 Å². The largest absolute Gasteiger partial charge is 0.480 e. The zero-order valence-corrected chi connectivity index (χ0v) is 18.4. The Morgan fingerprint density at radius 2 is 1.93 bits per heavy atom. The molecular formula is C17H19BrN2O6S2. The number of hydrogen-bond acceptors (Lipinski definition) is 6. The zero-order chi connectivity index (χ0) is 20.6. The van der Waals surface area contributed by atoms with Crippen LogP contribution in [0.5, 0.6) is 0 Å². The molecule has 1 N–H and O–H groups in total. The molecule has 1 amide bonds. The highest BCUT2D eigenvalue weighted by atomic mass is 79.9. The fourth-order valence-corrected chi connectivity index (χ4v) is 8.08. The molecule has 152 valence electrons. The minimum absolute atomic E-state index is 0.00232. The minimum atomic E-state index is -3.16. The molecule has 2 saturated heterocycles. The van der Waals surface area contributed by atoms with Crippen LogP contribution in [0, 0.1) is 13.8 Å². The topological polar surface area (TPSA) is 113 Å². The van der Waals surface area contributed by atoms with E-state index in [0.29, 0.717) is 5.17 Å². The van der Waals surface area contributed by atoms with Crippen LogP contribution < -0.4 is 4.90 Å². The van der Waals surface area contributed by atoms with Crippen LogP contribution >= 0.6 is 27.7 Å². The molecule has 28 heavy (non-hydrogen) atoms. The predicted molar refractivity (Wildman–Crippen MR) is 111 cm³/mol. The van der Waals surface area contributed by atoms with E-state index in [9.17, 15) is 18.0 Å². The second-order valence-corrected chi connectivity index (χ2v) is 11.0. The molecule has 2 aliphatic rings. The van der Waals surface area contributed by atoms with Gasteiger partial charge in [0.05, 0.1) is 17.5 Å². The number of benzene rings is 1. The summed E-state index contributed by atoms with van der Waals surface area (Å²) in [6, 6.07) is 3.55. The SMILES string of the molecule is Cc1cc(Br)cc(C)c1N1C(=NC(=O)COCC(=O)O)SC2CS(=O)(=O)CC21. The second-order valence-electron chi connectivity index (χ2n) is 6.73. The second kappa shape index (κ2) is 8.13. The van der Waals surface area contributed by atoms with E-state index >= 15 is 0 Å². The summed E-state index contributed by atoms with van der Waals surface area (Å²) >= 11 is 4.73. The van der Waals surface area contributed by atoms with Crippen molar-refractivity contribution in [3.63, 3.8) is 0 Å². The van der Waals surface area contributed by atoms with E-state index in [4.69, 9.17) is 9.84 Å².